The van der Waals surface area contributed by atoms with Crippen LogP contribution in [0.5, 0.6) is 0 Å². The number of halogens is 3. The quantitative estimate of drug-likeness (QED) is 0.876. The molecular formula is C14H23Cl3N4O. The van der Waals surface area contributed by atoms with Gasteiger partial charge in [-0.25, -0.2) is 0 Å². The van der Waals surface area contributed by atoms with E-state index in [1.54, 1.807) is 0 Å². The minimum absolute atomic E-state index is 0. The van der Waals surface area contributed by atoms with Crippen molar-refractivity contribution in [3.05, 3.63) is 30.1 Å². The molecule has 0 radical (unpaired) electrons. The summed E-state index contributed by atoms with van der Waals surface area (Å²) in [5.41, 5.74) is 6.52. The topological polar surface area (TPSA) is 62.5 Å². The minimum atomic E-state index is -0.525. The average Bonchev–Trinajstić information content (AvgIpc) is 3.19. The Morgan fingerprint density at radius 1 is 1.14 bits per heavy atom. The van der Waals surface area contributed by atoms with E-state index in [1.807, 2.05) is 29.3 Å². The third-order valence-corrected chi connectivity index (χ3v) is 3.99. The number of nitrogens with zero attached hydrogens (tertiary/aromatic N) is 3. The van der Waals surface area contributed by atoms with Crippen LogP contribution < -0.4 is 5.73 Å². The highest BCUT2D eigenvalue weighted by molar-refractivity contribution is 5.89. The van der Waals surface area contributed by atoms with Gasteiger partial charge in [-0.2, -0.15) is 0 Å². The van der Waals surface area contributed by atoms with Crippen molar-refractivity contribution < 1.29 is 4.79 Å². The number of nitrogens with two attached hydrogens (primary N) is 1. The van der Waals surface area contributed by atoms with Crippen LogP contribution in [0, 0.1) is 0 Å². The standard InChI is InChI=1S/C14H20N4O.3ClH/c15-14(4-5-14)13(19)18-9-7-17(8-10-18)11-12-3-1-2-6-16-12;;;/h1-3,6H,4-5,7-11,15H2;3*1H. The van der Waals surface area contributed by atoms with Crippen molar-refractivity contribution in [2.75, 3.05) is 26.2 Å². The predicted molar refractivity (Wildman–Crippen MR) is 94.0 cm³/mol. The lowest BCUT2D eigenvalue weighted by atomic mass is 10.2. The number of rotatable bonds is 3. The summed E-state index contributed by atoms with van der Waals surface area (Å²) in [7, 11) is 0. The summed E-state index contributed by atoms with van der Waals surface area (Å²) in [5, 5.41) is 0. The summed E-state index contributed by atoms with van der Waals surface area (Å²) in [6.45, 7) is 4.22. The maximum absolute atomic E-state index is 12.1. The highest BCUT2D eigenvalue weighted by atomic mass is 35.5. The molecular weight excluding hydrogens is 347 g/mol. The highest BCUT2D eigenvalue weighted by Gasteiger charge is 2.48. The zero-order valence-electron chi connectivity index (χ0n) is 12.3. The van der Waals surface area contributed by atoms with Crippen molar-refractivity contribution in [2.24, 2.45) is 5.73 Å². The SMILES string of the molecule is Cl.Cl.Cl.NC1(C(=O)N2CCN(Cc3ccccn3)CC2)CC1. The summed E-state index contributed by atoms with van der Waals surface area (Å²) < 4.78 is 0. The molecule has 2 aliphatic rings. The second-order valence-electron chi connectivity index (χ2n) is 5.55. The van der Waals surface area contributed by atoms with Gasteiger partial charge in [0.25, 0.3) is 0 Å². The van der Waals surface area contributed by atoms with Gasteiger partial charge in [-0.15, -0.1) is 37.2 Å². The molecule has 0 atom stereocenters. The first-order valence-corrected chi connectivity index (χ1v) is 6.88. The van der Waals surface area contributed by atoms with E-state index < -0.39 is 5.54 Å². The first-order chi connectivity index (χ1) is 9.17. The van der Waals surface area contributed by atoms with E-state index in [0.717, 1.165) is 51.3 Å². The molecule has 5 nitrogen and oxygen atoms in total. The Labute approximate surface area is 149 Å². The lowest BCUT2D eigenvalue weighted by molar-refractivity contribution is -0.135. The monoisotopic (exact) mass is 368 g/mol. The third kappa shape index (κ3) is 4.96. The molecule has 2 N–H and O–H groups in total. The van der Waals surface area contributed by atoms with Gasteiger partial charge < -0.3 is 10.6 Å². The van der Waals surface area contributed by atoms with Crippen LogP contribution in [0.15, 0.2) is 24.4 Å². The van der Waals surface area contributed by atoms with E-state index in [-0.39, 0.29) is 43.1 Å². The van der Waals surface area contributed by atoms with Crippen molar-refractivity contribution >= 4 is 43.1 Å². The van der Waals surface area contributed by atoms with E-state index in [0.29, 0.717) is 0 Å². The average molecular weight is 370 g/mol. The number of hydrogen-bond donors (Lipinski definition) is 1. The molecule has 0 spiro atoms. The number of amides is 1. The minimum Gasteiger partial charge on any atom is -0.339 e. The Kier molecular flexibility index (Phi) is 8.65. The zero-order chi connectivity index (χ0) is 13.3. The van der Waals surface area contributed by atoms with Gasteiger partial charge in [0.15, 0.2) is 0 Å². The fourth-order valence-corrected chi connectivity index (χ4v) is 2.49. The predicted octanol–water partition coefficient (Wildman–Crippen LogP) is 1.48. The Morgan fingerprint density at radius 3 is 2.27 bits per heavy atom. The molecule has 1 aliphatic carbocycles. The number of aromatic nitrogens is 1. The van der Waals surface area contributed by atoms with Gasteiger partial charge in [0.2, 0.25) is 5.91 Å². The molecule has 126 valence electrons. The van der Waals surface area contributed by atoms with E-state index in [2.05, 4.69) is 9.88 Å². The molecule has 1 aliphatic heterocycles. The van der Waals surface area contributed by atoms with Crippen LogP contribution in [-0.2, 0) is 11.3 Å². The summed E-state index contributed by atoms with van der Waals surface area (Å²) in [4.78, 5) is 20.7. The molecule has 1 aromatic heterocycles. The Morgan fingerprint density at radius 2 is 1.77 bits per heavy atom. The van der Waals surface area contributed by atoms with Gasteiger partial charge in [0.1, 0.15) is 0 Å². The number of pyridine rings is 1. The second kappa shape index (κ2) is 8.89. The summed E-state index contributed by atoms with van der Waals surface area (Å²) in [5.74, 6) is 0.144. The molecule has 0 unspecified atom stereocenters. The molecule has 22 heavy (non-hydrogen) atoms. The van der Waals surface area contributed by atoms with Gasteiger partial charge in [0.05, 0.1) is 11.2 Å². The Bertz CT molecular complexity index is 462. The summed E-state index contributed by atoms with van der Waals surface area (Å²) in [6, 6.07) is 5.97. The second-order valence-corrected chi connectivity index (χ2v) is 5.55. The maximum atomic E-state index is 12.1. The van der Waals surface area contributed by atoms with E-state index in [4.69, 9.17) is 5.73 Å². The van der Waals surface area contributed by atoms with Crippen molar-refractivity contribution in [1.82, 2.24) is 14.8 Å². The first-order valence-electron chi connectivity index (χ1n) is 6.88. The molecule has 0 aromatic carbocycles. The molecule has 1 amide bonds. The fraction of sp³-hybridized carbons (Fsp3) is 0.571. The molecule has 3 rings (SSSR count). The molecule has 1 saturated carbocycles. The van der Waals surface area contributed by atoms with Crippen LogP contribution >= 0.6 is 37.2 Å². The molecule has 0 bridgehead atoms. The van der Waals surface area contributed by atoms with Crippen LogP contribution in [0.2, 0.25) is 0 Å². The van der Waals surface area contributed by atoms with Crippen molar-refractivity contribution in [1.29, 1.82) is 0 Å². The van der Waals surface area contributed by atoms with Gasteiger partial charge >= 0.3 is 0 Å². The largest absolute Gasteiger partial charge is 0.339 e. The smallest absolute Gasteiger partial charge is 0.242 e. The zero-order valence-corrected chi connectivity index (χ0v) is 14.8. The number of piperazine rings is 1. The van der Waals surface area contributed by atoms with Crippen molar-refractivity contribution in [3.8, 4) is 0 Å². The van der Waals surface area contributed by atoms with Crippen LogP contribution in [0.3, 0.4) is 0 Å². The molecule has 1 aromatic rings. The third-order valence-electron chi connectivity index (χ3n) is 3.99. The first kappa shape index (κ1) is 21.4. The van der Waals surface area contributed by atoms with Crippen LogP contribution in [0.4, 0.5) is 0 Å². The number of carbonyl (C=O) groups is 1. The van der Waals surface area contributed by atoms with Gasteiger partial charge in [0, 0.05) is 38.9 Å². The lowest BCUT2D eigenvalue weighted by Crippen LogP contribution is -2.53. The highest BCUT2D eigenvalue weighted by Crippen LogP contribution is 2.34. The Hall–Kier alpha value is -0.590. The van der Waals surface area contributed by atoms with Gasteiger partial charge in [-0.1, -0.05) is 6.07 Å². The van der Waals surface area contributed by atoms with Gasteiger partial charge in [-0.05, 0) is 25.0 Å². The van der Waals surface area contributed by atoms with Crippen LogP contribution in [0.1, 0.15) is 18.5 Å². The molecule has 2 heterocycles. The van der Waals surface area contributed by atoms with Crippen molar-refractivity contribution in [2.45, 2.75) is 24.9 Å². The summed E-state index contributed by atoms with van der Waals surface area (Å²) >= 11 is 0. The molecule has 2 fully saturated rings. The van der Waals surface area contributed by atoms with E-state index >= 15 is 0 Å². The normalized spacial score (nSPS) is 19.2. The summed E-state index contributed by atoms with van der Waals surface area (Å²) in [6.07, 6.45) is 3.51. The maximum Gasteiger partial charge on any atom is 0.242 e. The molecule has 1 saturated heterocycles. The van der Waals surface area contributed by atoms with Crippen LogP contribution in [-0.4, -0.2) is 52.4 Å². The van der Waals surface area contributed by atoms with E-state index in [1.165, 1.54) is 0 Å². The van der Waals surface area contributed by atoms with E-state index in [9.17, 15) is 4.79 Å². The van der Waals surface area contributed by atoms with Crippen molar-refractivity contribution in [3.63, 3.8) is 0 Å². The fourth-order valence-electron chi connectivity index (χ4n) is 2.49. The number of hydrogen-bond acceptors (Lipinski definition) is 4. The Balaban J connectivity index is 0.00000147. The lowest BCUT2D eigenvalue weighted by Gasteiger charge is -2.35. The van der Waals surface area contributed by atoms with Crippen LogP contribution in [0.25, 0.3) is 0 Å². The van der Waals surface area contributed by atoms with Gasteiger partial charge in [-0.3, -0.25) is 14.7 Å². The number of carbonyl (C=O) groups excluding carboxylic acids is 1. The molecule has 8 heteroatoms.